The zero-order valence-corrected chi connectivity index (χ0v) is 13.8. The maximum atomic E-state index is 12.3. The Balaban J connectivity index is 0.000000246. The van der Waals surface area contributed by atoms with Gasteiger partial charge < -0.3 is 10.1 Å². The van der Waals surface area contributed by atoms with Crippen LogP contribution in [0, 0.1) is 17.1 Å². The number of halogens is 1. The average Bonchev–Trinajstić information content (AvgIpc) is 3.10. The van der Waals surface area contributed by atoms with E-state index in [0.717, 1.165) is 6.42 Å². The van der Waals surface area contributed by atoms with Crippen LogP contribution in [0.2, 0.25) is 0 Å². The van der Waals surface area contributed by atoms with Crippen LogP contribution in [0.1, 0.15) is 18.4 Å². The molecular formula is C17H18FN5O2. The molecule has 1 aliphatic heterocycles. The van der Waals surface area contributed by atoms with Crippen LogP contribution in [0.25, 0.3) is 0 Å². The molecule has 25 heavy (non-hydrogen) atoms. The second-order valence-electron chi connectivity index (χ2n) is 4.81. The molecule has 0 unspecified atom stereocenters. The van der Waals surface area contributed by atoms with E-state index in [-0.39, 0.29) is 11.7 Å². The van der Waals surface area contributed by atoms with Crippen LogP contribution in [0.15, 0.2) is 36.8 Å². The van der Waals surface area contributed by atoms with Crippen LogP contribution in [0.4, 0.5) is 15.9 Å². The molecule has 2 aromatic heterocycles. The van der Waals surface area contributed by atoms with Gasteiger partial charge in [-0.3, -0.25) is 14.7 Å². The van der Waals surface area contributed by atoms with Crippen LogP contribution >= 0.6 is 0 Å². The number of nitrogens with zero attached hydrogens (tertiary/aromatic N) is 4. The number of hydrogen-bond donors (Lipinski definition) is 1. The summed E-state index contributed by atoms with van der Waals surface area (Å²) in [6, 6.07) is 6.68. The number of nitrogens with one attached hydrogen (secondary N) is 1. The molecule has 1 amide bonds. The number of pyridine rings is 2. The first-order valence-electron chi connectivity index (χ1n) is 7.37. The molecule has 3 rings (SSSR count). The third-order valence-electron chi connectivity index (χ3n) is 3.22. The highest BCUT2D eigenvalue weighted by Gasteiger charge is 2.22. The molecule has 8 heteroatoms. The third-order valence-corrected chi connectivity index (χ3v) is 3.22. The van der Waals surface area contributed by atoms with Crippen LogP contribution in [-0.4, -0.2) is 36.3 Å². The summed E-state index contributed by atoms with van der Waals surface area (Å²) in [6.07, 6.45) is 5.74. The zero-order chi connectivity index (χ0) is 18.7. The van der Waals surface area contributed by atoms with E-state index in [9.17, 15) is 9.18 Å². The minimum absolute atomic E-state index is 0.0904. The molecular weight excluding hydrogens is 325 g/mol. The van der Waals surface area contributed by atoms with Gasteiger partial charge in [-0.25, -0.2) is 9.37 Å². The highest BCUT2D eigenvalue weighted by atomic mass is 19.1. The maximum absolute atomic E-state index is 12.3. The Morgan fingerprint density at radius 3 is 2.64 bits per heavy atom. The number of carbonyl (C=O) groups is 2. The highest BCUT2D eigenvalue weighted by molar-refractivity contribution is 5.94. The van der Waals surface area contributed by atoms with Gasteiger partial charge in [0.15, 0.2) is 0 Å². The SMILES string of the molecule is C=O.CNc1cncc(F)c1.N#Cc1ccnc(N2CCCC2=O)c1. The Morgan fingerprint density at radius 2 is 2.12 bits per heavy atom. The minimum atomic E-state index is -0.318. The summed E-state index contributed by atoms with van der Waals surface area (Å²) >= 11 is 0. The molecule has 0 spiro atoms. The van der Waals surface area contributed by atoms with E-state index in [1.165, 1.54) is 12.3 Å². The number of amides is 1. The molecule has 0 aliphatic carbocycles. The number of rotatable bonds is 2. The van der Waals surface area contributed by atoms with Gasteiger partial charge in [0, 0.05) is 32.3 Å². The van der Waals surface area contributed by atoms with Gasteiger partial charge >= 0.3 is 0 Å². The molecule has 1 saturated heterocycles. The number of nitriles is 1. The summed E-state index contributed by atoms with van der Waals surface area (Å²) in [6.45, 7) is 2.71. The third kappa shape index (κ3) is 5.99. The molecule has 1 aliphatic rings. The van der Waals surface area contributed by atoms with Gasteiger partial charge in [0.05, 0.1) is 29.7 Å². The van der Waals surface area contributed by atoms with Crippen molar-refractivity contribution in [2.24, 2.45) is 0 Å². The number of carbonyl (C=O) groups excluding carboxylic acids is 2. The summed E-state index contributed by atoms with van der Waals surface area (Å²) in [4.78, 5) is 28.7. The lowest BCUT2D eigenvalue weighted by Gasteiger charge is -2.13. The molecule has 1 fully saturated rings. The lowest BCUT2D eigenvalue weighted by atomic mass is 10.3. The van der Waals surface area contributed by atoms with Crippen molar-refractivity contribution in [3.8, 4) is 6.07 Å². The van der Waals surface area contributed by atoms with E-state index in [1.54, 1.807) is 36.5 Å². The lowest BCUT2D eigenvalue weighted by Crippen LogP contribution is -2.24. The van der Waals surface area contributed by atoms with Gasteiger partial charge in [-0.1, -0.05) is 0 Å². The average molecular weight is 343 g/mol. The zero-order valence-electron chi connectivity index (χ0n) is 13.8. The Bertz CT molecular complexity index is 748. The summed E-state index contributed by atoms with van der Waals surface area (Å²) in [7, 11) is 1.72. The largest absolute Gasteiger partial charge is 0.387 e. The molecule has 2 aromatic rings. The molecule has 130 valence electrons. The fraction of sp³-hybridized carbons (Fsp3) is 0.235. The minimum Gasteiger partial charge on any atom is -0.387 e. The summed E-state index contributed by atoms with van der Waals surface area (Å²) in [5.41, 5.74) is 1.23. The Hall–Kier alpha value is -3.34. The van der Waals surface area contributed by atoms with Crippen molar-refractivity contribution in [1.82, 2.24) is 9.97 Å². The summed E-state index contributed by atoms with van der Waals surface area (Å²) in [5, 5.41) is 11.5. The van der Waals surface area contributed by atoms with Gasteiger partial charge in [0.25, 0.3) is 0 Å². The second-order valence-corrected chi connectivity index (χ2v) is 4.81. The topological polar surface area (TPSA) is 99.0 Å². The van der Waals surface area contributed by atoms with Crippen LogP contribution < -0.4 is 10.2 Å². The van der Waals surface area contributed by atoms with E-state index in [4.69, 9.17) is 10.1 Å². The lowest BCUT2D eigenvalue weighted by molar-refractivity contribution is -0.117. The van der Waals surface area contributed by atoms with E-state index in [2.05, 4.69) is 15.3 Å². The first-order chi connectivity index (χ1) is 12.1. The number of hydrogen-bond acceptors (Lipinski definition) is 6. The predicted octanol–water partition coefficient (Wildman–Crippen LogP) is 2.16. The van der Waals surface area contributed by atoms with Crippen LogP contribution in [0.3, 0.4) is 0 Å². The molecule has 0 atom stereocenters. The van der Waals surface area contributed by atoms with E-state index in [1.807, 2.05) is 12.9 Å². The monoisotopic (exact) mass is 343 g/mol. The predicted molar refractivity (Wildman–Crippen MR) is 91.4 cm³/mol. The Labute approximate surface area is 145 Å². The Morgan fingerprint density at radius 1 is 1.36 bits per heavy atom. The van der Waals surface area contributed by atoms with Gasteiger partial charge in [0.2, 0.25) is 5.91 Å². The van der Waals surface area contributed by atoms with Gasteiger partial charge in [0.1, 0.15) is 18.4 Å². The second kappa shape index (κ2) is 10.4. The van der Waals surface area contributed by atoms with E-state index < -0.39 is 0 Å². The van der Waals surface area contributed by atoms with E-state index in [0.29, 0.717) is 30.0 Å². The van der Waals surface area contributed by atoms with Gasteiger partial charge in [-0.2, -0.15) is 5.26 Å². The first kappa shape index (κ1) is 19.7. The van der Waals surface area contributed by atoms with Gasteiger partial charge in [-0.05, 0) is 18.6 Å². The van der Waals surface area contributed by atoms with Crippen molar-refractivity contribution in [2.75, 3.05) is 23.8 Å². The van der Waals surface area contributed by atoms with Crippen molar-refractivity contribution in [1.29, 1.82) is 5.26 Å². The van der Waals surface area contributed by atoms with Crippen LogP contribution in [-0.2, 0) is 9.59 Å². The molecule has 0 radical (unpaired) electrons. The van der Waals surface area contributed by atoms with Crippen molar-refractivity contribution in [3.05, 3.63) is 48.2 Å². The van der Waals surface area contributed by atoms with Gasteiger partial charge in [-0.15, -0.1) is 0 Å². The molecule has 7 nitrogen and oxygen atoms in total. The number of anilines is 2. The van der Waals surface area contributed by atoms with Crippen molar-refractivity contribution in [3.63, 3.8) is 0 Å². The highest BCUT2D eigenvalue weighted by Crippen LogP contribution is 2.19. The van der Waals surface area contributed by atoms with Crippen LogP contribution in [0.5, 0.6) is 0 Å². The number of aromatic nitrogens is 2. The quantitative estimate of drug-likeness (QED) is 0.897. The van der Waals surface area contributed by atoms with Crippen molar-refractivity contribution in [2.45, 2.75) is 12.8 Å². The summed E-state index contributed by atoms with van der Waals surface area (Å²) in [5.74, 6) is 0.362. The standard InChI is InChI=1S/C10H9N3O.C6H7FN2.CH2O/c11-7-8-3-4-12-9(6-8)13-5-1-2-10(13)14;1-8-6-2-5(7)3-9-4-6;1-2/h3-4,6H,1-2,5H2;2-4,8H,1H3;1H2. The van der Waals surface area contributed by atoms with E-state index >= 15 is 0 Å². The molecule has 0 aromatic carbocycles. The van der Waals surface area contributed by atoms with Crippen molar-refractivity contribution < 1.29 is 14.0 Å². The summed E-state index contributed by atoms with van der Waals surface area (Å²) < 4.78 is 12.3. The first-order valence-corrected chi connectivity index (χ1v) is 7.37. The molecule has 3 heterocycles. The van der Waals surface area contributed by atoms with Crippen molar-refractivity contribution >= 4 is 24.2 Å². The molecule has 0 bridgehead atoms. The molecule has 1 N–H and O–H groups in total. The Kier molecular flexibility index (Phi) is 8.23. The maximum Gasteiger partial charge on any atom is 0.228 e. The fourth-order valence-electron chi connectivity index (χ4n) is 2.07. The fourth-order valence-corrected chi connectivity index (χ4v) is 2.07. The smallest absolute Gasteiger partial charge is 0.228 e. The normalized spacial score (nSPS) is 12.2. The molecule has 0 saturated carbocycles.